The van der Waals surface area contributed by atoms with Crippen LogP contribution in [0.25, 0.3) is 0 Å². The molecular weight excluding hydrogens is 335 g/mol. The van der Waals surface area contributed by atoms with E-state index in [0.29, 0.717) is 0 Å². The first kappa shape index (κ1) is 14.6. The van der Waals surface area contributed by atoms with Crippen molar-refractivity contribution in [3.8, 4) is 0 Å². The van der Waals surface area contributed by atoms with Crippen molar-refractivity contribution in [1.29, 1.82) is 0 Å². The second kappa shape index (κ2) is 6.60. The molecule has 0 aliphatic heterocycles. The SMILES string of the molecule is C[CH](c1ccccc1)[Sn]([CH3])([CH3])[CH2]Cc1ccccc1. The predicted octanol–water partition coefficient (Wildman–Crippen LogP) is 5.28. The number of benzene rings is 2. The Labute approximate surface area is 121 Å². The summed E-state index contributed by atoms with van der Waals surface area (Å²) in [7, 11) is 0. The van der Waals surface area contributed by atoms with Gasteiger partial charge >= 0.3 is 122 Å². The standard InChI is InChI=1S/2C8H9.2CH3.Sn/c2*1-2-8-6-4-3-5-7-8;;;/h2-7H,1H3;3-7H,1-2H2;2*1H3;. The van der Waals surface area contributed by atoms with Gasteiger partial charge in [0.1, 0.15) is 0 Å². The van der Waals surface area contributed by atoms with Crippen LogP contribution >= 0.6 is 0 Å². The van der Waals surface area contributed by atoms with Crippen LogP contribution in [0.3, 0.4) is 0 Å². The molecule has 0 aliphatic carbocycles. The van der Waals surface area contributed by atoms with Gasteiger partial charge in [-0.05, 0) is 0 Å². The molecule has 2 aromatic carbocycles. The fourth-order valence-corrected chi connectivity index (χ4v) is 9.54. The second-order valence-electron chi connectivity index (χ2n) is 6.11. The Morgan fingerprint density at radius 2 is 1.37 bits per heavy atom. The summed E-state index contributed by atoms with van der Waals surface area (Å²) < 4.78 is 2.22. The maximum atomic E-state index is 2.59. The average Bonchev–Trinajstić information content (AvgIpc) is 2.46. The van der Waals surface area contributed by atoms with Crippen molar-refractivity contribution in [3.05, 3.63) is 71.8 Å². The van der Waals surface area contributed by atoms with E-state index in [2.05, 4.69) is 77.5 Å². The molecule has 0 nitrogen and oxygen atoms in total. The van der Waals surface area contributed by atoms with Crippen molar-refractivity contribution in [2.24, 2.45) is 0 Å². The molecule has 2 aromatic rings. The Morgan fingerprint density at radius 1 is 0.842 bits per heavy atom. The maximum absolute atomic E-state index is 2.59. The minimum atomic E-state index is -2.02. The van der Waals surface area contributed by atoms with Crippen LogP contribution in [-0.2, 0) is 6.42 Å². The van der Waals surface area contributed by atoms with Crippen LogP contribution < -0.4 is 0 Å². The summed E-state index contributed by atoms with van der Waals surface area (Å²) in [5.41, 5.74) is 3.03. The zero-order valence-corrected chi connectivity index (χ0v) is 15.1. The van der Waals surface area contributed by atoms with E-state index in [4.69, 9.17) is 0 Å². The molecular formula is C18H24Sn. The molecule has 0 spiro atoms. The molecule has 1 unspecified atom stereocenters. The topological polar surface area (TPSA) is 0 Å². The van der Waals surface area contributed by atoms with E-state index < -0.39 is 18.4 Å². The van der Waals surface area contributed by atoms with Gasteiger partial charge in [0.05, 0.1) is 0 Å². The molecule has 0 bridgehead atoms. The molecule has 0 aliphatic rings. The quantitative estimate of drug-likeness (QED) is 0.638. The van der Waals surface area contributed by atoms with Crippen LogP contribution in [0, 0.1) is 0 Å². The molecule has 1 heteroatoms. The third kappa shape index (κ3) is 4.10. The molecule has 100 valence electrons. The Morgan fingerprint density at radius 3 is 1.95 bits per heavy atom. The van der Waals surface area contributed by atoms with Crippen LogP contribution in [-0.4, -0.2) is 18.4 Å². The summed E-state index contributed by atoms with van der Waals surface area (Å²) in [6.07, 6.45) is 1.25. The van der Waals surface area contributed by atoms with Crippen molar-refractivity contribution in [3.63, 3.8) is 0 Å². The normalized spacial score (nSPS) is 13.2. The summed E-state index contributed by atoms with van der Waals surface area (Å²) in [6.45, 7) is 2.44. The van der Waals surface area contributed by atoms with Gasteiger partial charge in [-0.25, -0.2) is 0 Å². The molecule has 2 rings (SSSR count). The Hall–Kier alpha value is -0.761. The third-order valence-corrected chi connectivity index (χ3v) is 16.4. The fraction of sp³-hybridized carbons (Fsp3) is 0.333. The van der Waals surface area contributed by atoms with Gasteiger partial charge in [-0.2, -0.15) is 0 Å². The van der Waals surface area contributed by atoms with Crippen LogP contribution in [0.1, 0.15) is 22.0 Å². The van der Waals surface area contributed by atoms with E-state index in [1.807, 2.05) is 0 Å². The number of hydrogen-bond acceptors (Lipinski definition) is 0. The van der Waals surface area contributed by atoms with Crippen molar-refractivity contribution in [1.82, 2.24) is 0 Å². The Balaban J connectivity index is 2.02. The van der Waals surface area contributed by atoms with Gasteiger partial charge in [-0.1, -0.05) is 0 Å². The fourth-order valence-electron chi connectivity index (χ4n) is 2.52. The van der Waals surface area contributed by atoms with Gasteiger partial charge in [0, 0.05) is 0 Å². The van der Waals surface area contributed by atoms with E-state index in [0.717, 1.165) is 3.93 Å². The minimum absolute atomic E-state index is 0.791. The molecule has 0 saturated carbocycles. The number of aryl methyl sites for hydroxylation is 1. The van der Waals surface area contributed by atoms with E-state index in [1.54, 1.807) is 0 Å². The van der Waals surface area contributed by atoms with Crippen LogP contribution in [0.15, 0.2) is 60.7 Å². The van der Waals surface area contributed by atoms with Gasteiger partial charge in [0.2, 0.25) is 0 Å². The molecule has 0 radical (unpaired) electrons. The summed E-state index contributed by atoms with van der Waals surface area (Å²) in [6, 6.07) is 22.0. The zero-order chi connectivity index (χ0) is 13.7. The van der Waals surface area contributed by atoms with Crippen LogP contribution in [0.4, 0.5) is 0 Å². The van der Waals surface area contributed by atoms with Crippen molar-refractivity contribution in [2.45, 2.75) is 31.6 Å². The second-order valence-corrected chi connectivity index (χ2v) is 21.4. The van der Waals surface area contributed by atoms with Crippen molar-refractivity contribution >= 4 is 18.4 Å². The van der Waals surface area contributed by atoms with Gasteiger partial charge in [0.25, 0.3) is 0 Å². The molecule has 1 atom stereocenters. The van der Waals surface area contributed by atoms with Gasteiger partial charge < -0.3 is 0 Å². The molecule has 0 N–H and O–H groups in total. The average molecular weight is 359 g/mol. The first-order chi connectivity index (χ1) is 9.09. The predicted molar refractivity (Wildman–Crippen MR) is 87.3 cm³/mol. The van der Waals surface area contributed by atoms with Crippen LogP contribution in [0.2, 0.25) is 14.3 Å². The van der Waals surface area contributed by atoms with E-state index in [1.165, 1.54) is 22.0 Å². The third-order valence-electron chi connectivity index (χ3n) is 4.37. The summed E-state index contributed by atoms with van der Waals surface area (Å²) >= 11 is -2.02. The molecule has 19 heavy (non-hydrogen) atoms. The molecule has 0 amide bonds. The van der Waals surface area contributed by atoms with E-state index in [-0.39, 0.29) is 0 Å². The summed E-state index contributed by atoms with van der Waals surface area (Å²) in [5, 5.41) is 0. The summed E-state index contributed by atoms with van der Waals surface area (Å²) in [5.74, 6) is 0. The first-order valence-corrected chi connectivity index (χ1v) is 16.6. The number of hydrogen-bond donors (Lipinski definition) is 0. The molecule has 0 saturated heterocycles. The van der Waals surface area contributed by atoms with E-state index >= 15 is 0 Å². The van der Waals surface area contributed by atoms with Crippen molar-refractivity contribution in [2.75, 3.05) is 0 Å². The summed E-state index contributed by atoms with van der Waals surface area (Å²) in [4.78, 5) is 5.19. The molecule has 0 aromatic heterocycles. The van der Waals surface area contributed by atoms with E-state index in [9.17, 15) is 0 Å². The Kier molecular flexibility index (Phi) is 5.09. The Bertz CT molecular complexity index is 488. The van der Waals surface area contributed by atoms with Crippen molar-refractivity contribution < 1.29 is 0 Å². The van der Waals surface area contributed by atoms with Crippen LogP contribution in [0.5, 0.6) is 0 Å². The number of rotatable bonds is 5. The zero-order valence-electron chi connectivity index (χ0n) is 12.3. The molecule has 0 fully saturated rings. The van der Waals surface area contributed by atoms with Gasteiger partial charge in [-0.3, -0.25) is 0 Å². The van der Waals surface area contributed by atoms with Gasteiger partial charge in [-0.15, -0.1) is 0 Å². The van der Waals surface area contributed by atoms with Gasteiger partial charge in [0.15, 0.2) is 0 Å². The molecule has 0 heterocycles. The monoisotopic (exact) mass is 360 g/mol. The first-order valence-electron chi connectivity index (χ1n) is 7.18.